The van der Waals surface area contributed by atoms with E-state index < -0.39 is 33.9 Å². The van der Waals surface area contributed by atoms with Crippen LogP contribution in [0.25, 0.3) is 0 Å². The molecule has 140 valence electrons. The normalized spacial score (nSPS) is 12.1. The molecule has 1 aromatic heterocycles. The number of nitrogens with zero attached hydrogens (tertiary/aromatic N) is 2. The first-order valence-corrected chi connectivity index (χ1v) is 9.96. The molecule has 10 heteroatoms. The van der Waals surface area contributed by atoms with E-state index in [9.17, 15) is 21.6 Å². The van der Waals surface area contributed by atoms with Crippen LogP contribution in [0.2, 0.25) is 0 Å². The highest BCUT2D eigenvalue weighted by Crippen LogP contribution is 2.25. The van der Waals surface area contributed by atoms with E-state index in [4.69, 9.17) is 4.84 Å². The van der Waals surface area contributed by atoms with Crippen LogP contribution in [0.1, 0.15) is 23.8 Å². The number of benzene rings is 1. The Bertz CT molecular complexity index is 906. The van der Waals surface area contributed by atoms with Crippen molar-refractivity contribution in [2.24, 2.45) is 5.16 Å². The molecule has 0 N–H and O–H groups in total. The van der Waals surface area contributed by atoms with Gasteiger partial charge in [0.15, 0.2) is 5.83 Å². The molecule has 0 bridgehead atoms. The van der Waals surface area contributed by atoms with E-state index in [1.165, 1.54) is 6.20 Å². The molecule has 0 aliphatic heterocycles. The van der Waals surface area contributed by atoms with Crippen molar-refractivity contribution in [2.75, 3.05) is 12.4 Å². The molecule has 2 aromatic rings. The Morgan fingerprint density at radius 1 is 1.23 bits per heavy atom. The van der Waals surface area contributed by atoms with Gasteiger partial charge in [-0.25, -0.2) is 17.8 Å². The Morgan fingerprint density at radius 2 is 1.92 bits per heavy atom. The summed E-state index contributed by atoms with van der Waals surface area (Å²) in [4.78, 5) is 9.34. The first kappa shape index (κ1) is 20.1. The Balaban J connectivity index is 2.30. The highest BCUT2D eigenvalue weighted by Gasteiger charge is 2.23. The number of aromatic nitrogens is 1. The fourth-order valence-electron chi connectivity index (χ4n) is 1.88. The van der Waals surface area contributed by atoms with Crippen LogP contribution in [0.3, 0.4) is 0 Å². The summed E-state index contributed by atoms with van der Waals surface area (Å²) >= 11 is 0.817. The van der Waals surface area contributed by atoms with Crippen molar-refractivity contribution in [3.63, 3.8) is 0 Å². The summed E-state index contributed by atoms with van der Waals surface area (Å²) in [5.74, 6) is -2.54. The average Bonchev–Trinajstić information content (AvgIpc) is 3.11. The lowest BCUT2D eigenvalue weighted by Gasteiger charge is -2.03. The van der Waals surface area contributed by atoms with Crippen molar-refractivity contribution in [1.29, 1.82) is 0 Å². The lowest BCUT2D eigenvalue weighted by atomic mass is 10.1. The SMILES string of the molecule is CCO/N=C(\c1ccccc1)c1cnc(S(=O)(=O)CCC(F)=C(F)F)s1. The van der Waals surface area contributed by atoms with Crippen LogP contribution >= 0.6 is 11.3 Å². The van der Waals surface area contributed by atoms with Crippen molar-refractivity contribution in [1.82, 2.24) is 4.98 Å². The third-order valence-electron chi connectivity index (χ3n) is 3.11. The quantitative estimate of drug-likeness (QED) is 0.489. The third kappa shape index (κ3) is 5.15. The number of allylic oxidation sites excluding steroid dienone is 1. The summed E-state index contributed by atoms with van der Waals surface area (Å²) in [7, 11) is -4.00. The van der Waals surface area contributed by atoms with E-state index in [0.29, 0.717) is 22.8 Å². The summed E-state index contributed by atoms with van der Waals surface area (Å²) in [6.07, 6.45) is -2.11. The molecule has 0 saturated carbocycles. The molecule has 0 atom stereocenters. The lowest BCUT2D eigenvalue weighted by molar-refractivity contribution is 0.159. The molecule has 0 spiro atoms. The van der Waals surface area contributed by atoms with Crippen LogP contribution in [0, 0.1) is 0 Å². The van der Waals surface area contributed by atoms with Crippen LogP contribution in [0.4, 0.5) is 13.2 Å². The highest BCUT2D eigenvalue weighted by atomic mass is 32.2. The summed E-state index contributed by atoms with van der Waals surface area (Å²) in [5, 5.41) is 4.00. The zero-order valence-corrected chi connectivity index (χ0v) is 15.3. The first-order chi connectivity index (χ1) is 12.3. The molecular formula is C16H15F3N2O3S2. The second-order valence-corrected chi connectivity index (χ2v) is 8.26. The molecule has 2 rings (SSSR count). The monoisotopic (exact) mass is 404 g/mol. The van der Waals surface area contributed by atoms with E-state index >= 15 is 0 Å². The number of rotatable bonds is 8. The smallest absolute Gasteiger partial charge is 0.301 e. The molecule has 0 fully saturated rings. The van der Waals surface area contributed by atoms with Crippen LogP contribution in [0.15, 0.2) is 57.9 Å². The summed E-state index contributed by atoms with van der Waals surface area (Å²) < 4.78 is 61.1. The van der Waals surface area contributed by atoms with Gasteiger partial charge in [0.1, 0.15) is 12.3 Å². The van der Waals surface area contributed by atoms with Gasteiger partial charge in [-0.2, -0.15) is 8.78 Å². The van der Waals surface area contributed by atoms with E-state index in [1.807, 2.05) is 6.07 Å². The summed E-state index contributed by atoms with van der Waals surface area (Å²) in [5.41, 5.74) is 1.09. The van der Waals surface area contributed by atoms with Crippen molar-refractivity contribution < 1.29 is 26.4 Å². The molecule has 0 aliphatic carbocycles. The summed E-state index contributed by atoms with van der Waals surface area (Å²) in [6.45, 7) is 2.07. The Morgan fingerprint density at radius 3 is 2.54 bits per heavy atom. The van der Waals surface area contributed by atoms with Crippen molar-refractivity contribution in [3.8, 4) is 0 Å². The second kappa shape index (κ2) is 8.95. The Kier molecular flexibility index (Phi) is 6.92. The molecular weight excluding hydrogens is 389 g/mol. The zero-order chi connectivity index (χ0) is 19.2. The van der Waals surface area contributed by atoms with E-state index in [0.717, 1.165) is 11.3 Å². The van der Waals surface area contributed by atoms with Gasteiger partial charge >= 0.3 is 6.08 Å². The van der Waals surface area contributed by atoms with Gasteiger partial charge in [0.05, 0.1) is 10.6 Å². The van der Waals surface area contributed by atoms with E-state index in [2.05, 4.69) is 10.1 Å². The lowest BCUT2D eigenvalue weighted by Crippen LogP contribution is -2.06. The number of halogens is 3. The van der Waals surface area contributed by atoms with Gasteiger partial charge in [0.2, 0.25) is 14.2 Å². The molecule has 1 heterocycles. The van der Waals surface area contributed by atoms with E-state index in [-0.39, 0.29) is 4.34 Å². The van der Waals surface area contributed by atoms with E-state index in [1.54, 1.807) is 31.2 Å². The predicted octanol–water partition coefficient (Wildman–Crippen LogP) is 4.17. The third-order valence-corrected chi connectivity index (χ3v) is 6.30. The second-order valence-electron chi connectivity index (χ2n) is 4.95. The molecule has 0 radical (unpaired) electrons. The molecule has 0 aliphatic rings. The van der Waals surface area contributed by atoms with Crippen LogP contribution in [-0.4, -0.2) is 31.5 Å². The number of hydrogen-bond acceptors (Lipinski definition) is 6. The minimum atomic E-state index is -4.00. The maximum Gasteiger partial charge on any atom is 0.301 e. The molecule has 26 heavy (non-hydrogen) atoms. The largest absolute Gasteiger partial charge is 0.396 e. The number of thiazole rings is 1. The number of hydrogen-bond donors (Lipinski definition) is 0. The van der Waals surface area contributed by atoms with Crippen molar-refractivity contribution in [2.45, 2.75) is 17.7 Å². The van der Waals surface area contributed by atoms with Crippen LogP contribution < -0.4 is 0 Å². The fourth-order valence-corrected chi connectivity index (χ4v) is 4.40. The standard InChI is InChI=1S/C16H15F3N2O3S2/c1-2-24-21-14(11-6-4-3-5-7-11)13-10-20-16(25-13)26(22,23)9-8-12(17)15(18)19/h3-7,10H,2,8-9H2,1H3/b21-14+. The maximum atomic E-state index is 12.9. The van der Waals surface area contributed by atoms with Gasteiger partial charge in [-0.1, -0.05) is 35.5 Å². The molecule has 0 amide bonds. The van der Waals surface area contributed by atoms with Crippen LogP contribution in [-0.2, 0) is 14.7 Å². The van der Waals surface area contributed by atoms with Gasteiger partial charge < -0.3 is 4.84 Å². The fraction of sp³-hybridized carbons (Fsp3) is 0.250. The minimum absolute atomic E-state index is 0.292. The van der Waals surface area contributed by atoms with Crippen LogP contribution in [0.5, 0.6) is 0 Å². The van der Waals surface area contributed by atoms with Crippen molar-refractivity contribution in [3.05, 3.63) is 58.9 Å². The molecule has 1 aromatic carbocycles. The summed E-state index contributed by atoms with van der Waals surface area (Å²) in [6, 6.07) is 8.94. The van der Waals surface area contributed by atoms with Gasteiger partial charge in [-0.15, -0.1) is 11.3 Å². The maximum absolute atomic E-state index is 12.9. The zero-order valence-electron chi connectivity index (χ0n) is 13.7. The van der Waals surface area contributed by atoms with Gasteiger partial charge in [0.25, 0.3) is 0 Å². The van der Waals surface area contributed by atoms with Crippen molar-refractivity contribution >= 4 is 26.9 Å². The number of sulfone groups is 1. The minimum Gasteiger partial charge on any atom is -0.396 e. The predicted molar refractivity (Wildman–Crippen MR) is 92.8 cm³/mol. The average molecular weight is 404 g/mol. The number of oxime groups is 1. The Hall–Kier alpha value is -2.20. The highest BCUT2D eigenvalue weighted by molar-refractivity contribution is 7.93. The van der Waals surface area contributed by atoms with Gasteiger partial charge in [-0.05, 0) is 6.92 Å². The topological polar surface area (TPSA) is 68.6 Å². The van der Waals surface area contributed by atoms with Gasteiger partial charge in [0, 0.05) is 18.2 Å². The van der Waals surface area contributed by atoms with Gasteiger partial charge in [-0.3, -0.25) is 0 Å². The first-order valence-electron chi connectivity index (χ1n) is 7.49. The Labute approximate surface area is 152 Å². The molecule has 0 unspecified atom stereocenters. The molecule has 0 saturated heterocycles. The molecule has 5 nitrogen and oxygen atoms in total.